The van der Waals surface area contributed by atoms with E-state index in [0.717, 1.165) is 0 Å². The van der Waals surface area contributed by atoms with Crippen molar-refractivity contribution in [3.63, 3.8) is 0 Å². The van der Waals surface area contributed by atoms with Crippen molar-refractivity contribution in [2.45, 2.75) is 11.8 Å². The first-order valence-corrected chi connectivity index (χ1v) is 11.6. The number of anilines is 2. The standard InChI is InChI=1S/C23H23N3O7S/c1-3-25(17-7-5-4-6-8-17)34(30,31)20-13-14-22(32-2)21(15-20)24-23(27)16-33-19-11-9-18(10-12-19)26(28)29/h4-15H,3,16H2,1-2H3,(H,24,27). The van der Waals surface area contributed by atoms with Crippen LogP contribution < -0.4 is 19.1 Å². The fourth-order valence-electron chi connectivity index (χ4n) is 3.16. The lowest BCUT2D eigenvalue weighted by atomic mass is 10.3. The van der Waals surface area contributed by atoms with E-state index in [2.05, 4.69) is 5.32 Å². The number of ether oxygens (including phenoxy) is 2. The summed E-state index contributed by atoms with van der Waals surface area (Å²) in [6, 6.07) is 18.1. The number of para-hydroxylation sites is 1. The Morgan fingerprint density at radius 2 is 1.74 bits per heavy atom. The van der Waals surface area contributed by atoms with Crippen LogP contribution in [0.25, 0.3) is 0 Å². The molecule has 1 N–H and O–H groups in total. The maximum Gasteiger partial charge on any atom is 0.269 e. The zero-order valence-electron chi connectivity index (χ0n) is 18.5. The lowest BCUT2D eigenvalue weighted by Crippen LogP contribution is -2.30. The first-order valence-electron chi connectivity index (χ1n) is 10.2. The van der Waals surface area contributed by atoms with E-state index in [1.807, 2.05) is 0 Å². The molecule has 11 heteroatoms. The molecule has 0 fully saturated rings. The van der Waals surface area contributed by atoms with Gasteiger partial charge in [-0.1, -0.05) is 18.2 Å². The molecule has 10 nitrogen and oxygen atoms in total. The van der Waals surface area contributed by atoms with E-state index in [-0.39, 0.29) is 34.3 Å². The highest BCUT2D eigenvalue weighted by molar-refractivity contribution is 7.92. The van der Waals surface area contributed by atoms with Crippen LogP contribution in [0.15, 0.2) is 77.7 Å². The van der Waals surface area contributed by atoms with E-state index in [1.165, 1.54) is 53.9 Å². The third kappa shape index (κ3) is 5.62. The Labute approximate surface area is 196 Å². The van der Waals surface area contributed by atoms with Gasteiger partial charge in [0.05, 0.1) is 28.3 Å². The molecule has 0 aliphatic heterocycles. The Balaban J connectivity index is 1.78. The van der Waals surface area contributed by atoms with Gasteiger partial charge in [0, 0.05) is 18.7 Å². The van der Waals surface area contributed by atoms with Crippen LogP contribution in [0.2, 0.25) is 0 Å². The largest absolute Gasteiger partial charge is 0.495 e. The highest BCUT2D eigenvalue weighted by Crippen LogP contribution is 2.30. The molecule has 34 heavy (non-hydrogen) atoms. The molecule has 0 unspecified atom stereocenters. The minimum absolute atomic E-state index is 0.0226. The van der Waals surface area contributed by atoms with Crippen LogP contribution in [0.1, 0.15) is 6.92 Å². The van der Waals surface area contributed by atoms with Gasteiger partial charge in [-0.25, -0.2) is 8.42 Å². The second-order valence-electron chi connectivity index (χ2n) is 6.96. The summed E-state index contributed by atoms with van der Waals surface area (Å²) in [4.78, 5) is 22.6. The highest BCUT2D eigenvalue weighted by atomic mass is 32.2. The van der Waals surface area contributed by atoms with Crippen molar-refractivity contribution in [3.8, 4) is 11.5 Å². The van der Waals surface area contributed by atoms with Crippen molar-refractivity contribution in [1.29, 1.82) is 0 Å². The summed E-state index contributed by atoms with van der Waals surface area (Å²) in [6.45, 7) is 1.54. The van der Waals surface area contributed by atoms with Crippen molar-refractivity contribution < 1.29 is 27.6 Å². The van der Waals surface area contributed by atoms with Crippen molar-refractivity contribution in [2.75, 3.05) is 29.9 Å². The zero-order chi connectivity index (χ0) is 24.7. The van der Waals surface area contributed by atoms with Crippen molar-refractivity contribution in [3.05, 3.63) is 82.9 Å². The quantitative estimate of drug-likeness (QED) is 0.341. The molecule has 1 amide bonds. The molecule has 0 saturated carbocycles. The number of nitrogens with one attached hydrogen (secondary N) is 1. The average Bonchev–Trinajstić information content (AvgIpc) is 2.84. The van der Waals surface area contributed by atoms with Crippen LogP contribution in [-0.2, 0) is 14.8 Å². The Morgan fingerprint density at radius 1 is 1.06 bits per heavy atom. The van der Waals surface area contributed by atoms with Gasteiger partial charge in [0.25, 0.3) is 21.6 Å². The van der Waals surface area contributed by atoms with Crippen LogP contribution in [-0.4, -0.2) is 39.5 Å². The molecule has 0 heterocycles. The predicted octanol–water partition coefficient (Wildman–Crippen LogP) is 3.84. The number of non-ortho nitro benzene ring substituents is 1. The minimum atomic E-state index is -3.91. The average molecular weight is 486 g/mol. The third-order valence-electron chi connectivity index (χ3n) is 4.78. The summed E-state index contributed by atoms with van der Waals surface area (Å²) in [6.07, 6.45) is 0. The molecule has 0 bridgehead atoms. The first kappa shape index (κ1) is 24.5. The molecule has 178 valence electrons. The second-order valence-corrected chi connectivity index (χ2v) is 8.82. The van der Waals surface area contributed by atoms with Gasteiger partial charge in [-0.3, -0.25) is 19.2 Å². The van der Waals surface area contributed by atoms with E-state index in [9.17, 15) is 23.3 Å². The normalized spacial score (nSPS) is 10.9. The molecule has 0 saturated heterocycles. The number of carbonyl (C=O) groups excluding carboxylic acids is 1. The molecule has 0 aromatic heterocycles. The van der Waals surface area contributed by atoms with Gasteiger partial charge >= 0.3 is 0 Å². The van der Waals surface area contributed by atoms with E-state index in [1.54, 1.807) is 37.3 Å². The summed E-state index contributed by atoms with van der Waals surface area (Å²) in [5.74, 6) is -0.0301. The number of rotatable bonds is 10. The van der Waals surface area contributed by atoms with Gasteiger partial charge in [-0.15, -0.1) is 0 Å². The maximum absolute atomic E-state index is 13.3. The van der Waals surface area contributed by atoms with Gasteiger partial charge in [-0.05, 0) is 49.4 Å². The number of hydrogen-bond donors (Lipinski definition) is 1. The summed E-state index contributed by atoms with van der Waals surface area (Å²) in [5.41, 5.74) is 0.573. The predicted molar refractivity (Wildman–Crippen MR) is 127 cm³/mol. The lowest BCUT2D eigenvalue weighted by molar-refractivity contribution is -0.384. The molecular formula is C23H23N3O7S. The first-order chi connectivity index (χ1) is 16.3. The monoisotopic (exact) mass is 485 g/mol. The van der Waals surface area contributed by atoms with Crippen molar-refractivity contribution in [2.24, 2.45) is 0 Å². The SMILES string of the molecule is CCN(c1ccccc1)S(=O)(=O)c1ccc(OC)c(NC(=O)COc2ccc([N+](=O)[O-])cc2)c1. The molecular weight excluding hydrogens is 462 g/mol. The fraction of sp³-hybridized carbons (Fsp3) is 0.174. The number of benzene rings is 3. The number of sulfonamides is 1. The maximum atomic E-state index is 13.3. The molecule has 3 aromatic rings. The van der Waals surface area contributed by atoms with E-state index < -0.39 is 27.5 Å². The van der Waals surface area contributed by atoms with Gasteiger partial charge < -0.3 is 14.8 Å². The number of nitrogens with zero attached hydrogens (tertiary/aromatic N) is 2. The minimum Gasteiger partial charge on any atom is -0.495 e. The topological polar surface area (TPSA) is 128 Å². The number of hydrogen-bond acceptors (Lipinski definition) is 7. The van der Waals surface area contributed by atoms with Crippen LogP contribution in [0.5, 0.6) is 11.5 Å². The number of nitro benzene ring substituents is 1. The van der Waals surface area contributed by atoms with Crippen LogP contribution in [0, 0.1) is 10.1 Å². The van der Waals surface area contributed by atoms with E-state index in [0.29, 0.717) is 5.69 Å². The molecule has 0 aliphatic carbocycles. The van der Waals surface area contributed by atoms with Gasteiger partial charge in [0.2, 0.25) is 0 Å². The number of carbonyl (C=O) groups is 1. The summed E-state index contributed by atoms with van der Waals surface area (Å²) in [5, 5.41) is 13.3. The Hall–Kier alpha value is -4.12. The summed E-state index contributed by atoms with van der Waals surface area (Å²) < 4.78 is 38.5. The van der Waals surface area contributed by atoms with Crippen LogP contribution >= 0.6 is 0 Å². The third-order valence-corrected chi connectivity index (χ3v) is 6.68. The molecule has 0 radical (unpaired) electrons. The van der Waals surface area contributed by atoms with Crippen molar-refractivity contribution >= 4 is 33.0 Å². The Kier molecular flexibility index (Phi) is 7.69. The number of methoxy groups -OCH3 is 1. The van der Waals surface area contributed by atoms with E-state index in [4.69, 9.17) is 9.47 Å². The highest BCUT2D eigenvalue weighted by Gasteiger charge is 2.25. The van der Waals surface area contributed by atoms with Crippen LogP contribution in [0.4, 0.5) is 17.1 Å². The van der Waals surface area contributed by atoms with Crippen molar-refractivity contribution in [1.82, 2.24) is 0 Å². The van der Waals surface area contributed by atoms with Gasteiger partial charge in [0.1, 0.15) is 11.5 Å². The number of amides is 1. The van der Waals surface area contributed by atoms with Gasteiger partial charge in [0.15, 0.2) is 6.61 Å². The summed E-state index contributed by atoms with van der Waals surface area (Å²) in [7, 11) is -2.52. The second kappa shape index (κ2) is 10.7. The van der Waals surface area contributed by atoms with Crippen LogP contribution in [0.3, 0.4) is 0 Å². The molecule has 0 atom stereocenters. The zero-order valence-corrected chi connectivity index (χ0v) is 19.3. The molecule has 0 aliphatic rings. The lowest BCUT2D eigenvalue weighted by Gasteiger charge is -2.23. The molecule has 0 spiro atoms. The van der Waals surface area contributed by atoms with Gasteiger partial charge in [-0.2, -0.15) is 0 Å². The van der Waals surface area contributed by atoms with E-state index >= 15 is 0 Å². The molecule has 3 rings (SSSR count). The summed E-state index contributed by atoms with van der Waals surface area (Å²) >= 11 is 0. The molecule has 3 aromatic carbocycles. The Morgan fingerprint density at radius 3 is 2.32 bits per heavy atom. The smallest absolute Gasteiger partial charge is 0.269 e. The fourth-order valence-corrected chi connectivity index (χ4v) is 4.66. The Bertz CT molecular complexity index is 1260. The number of nitro groups is 1.